The topological polar surface area (TPSA) is 104 Å². The van der Waals surface area contributed by atoms with Crippen LogP contribution in [0.3, 0.4) is 0 Å². The van der Waals surface area contributed by atoms with Gasteiger partial charge in [-0.15, -0.1) is 0 Å². The lowest BCUT2D eigenvalue weighted by atomic mass is 10.2. The van der Waals surface area contributed by atoms with Crippen molar-refractivity contribution in [3.8, 4) is 5.88 Å². The number of aliphatic hydroxyl groups excluding tert-OH is 1. The normalized spacial score (nSPS) is 10.6. The van der Waals surface area contributed by atoms with Crippen molar-refractivity contribution in [2.24, 2.45) is 0 Å². The summed E-state index contributed by atoms with van der Waals surface area (Å²) in [6, 6.07) is 3.39. The van der Waals surface area contributed by atoms with Crippen LogP contribution in [0.25, 0.3) is 5.65 Å². The van der Waals surface area contributed by atoms with Crippen molar-refractivity contribution in [3.05, 3.63) is 39.8 Å². The predicted molar refractivity (Wildman–Crippen MR) is 67.3 cm³/mol. The summed E-state index contributed by atoms with van der Waals surface area (Å²) in [5.41, 5.74) is -0.0842. The molecule has 0 aliphatic heterocycles. The molecule has 2 aromatic heterocycles. The van der Waals surface area contributed by atoms with E-state index in [-0.39, 0.29) is 13.2 Å². The van der Waals surface area contributed by atoms with E-state index in [1.165, 1.54) is 10.6 Å². The van der Waals surface area contributed by atoms with Gasteiger partial charge in [0.25, 0.3) is 11.5 Å². The van der Waals surface area contributed by atoms with Gasteiger partial charge >= 0.3 is 0 Å². The minimum Gasteiger partial charge on any atom is -0.493 e. The molecule has 2 rings (SSSR count). The molecule has 0 unspecified atom stereocenters. The first-order valence-electron chi connectivity index (χ1n) is 5.66. The van der Waals surface area contributed by atoms with Crippen molar-refractivity contribution in [2.45, 2.75) is 6.92 Å². The smallest absolute Gasteiger partial charge is 0.274 e. The van der Waals surface area contributed by atoms with Crippen molar-refractivity contribution in [2.75, 3.05) is 13.2 Å². The fraction of sp³-hybridized carbons (Fsp3) is 0.250. The highest BCUT2D eigenvalue weighted by Gasteiger charge is 2.19. The first-order valence-corrected chi connectivity index (χ1v) is 5.66. The van der Waals surface area contributed by atoms with Crippen LogP contribution in [0, 0.1) is 6.92 Å². The second-order valence-electron chi connectivity index (χ2n) is 3.98. The van der Waals surface area contributed by atoms with Gasteiger partial charge in [0.2, 0.25) is 5.88 Å². The van der Waals surface area contributed by atoms with Gasteiger partial charge in [0.1, 0.15) is 5.65 Å². The lowest BCUT2D eigenvalue weighted by Gasteiger charge is -2.08. The molecular weight excluding hydrogens is 250 g/mol. The number of aromatic nitrogens is 2. The summed E-state index contributed by atoms with van der Waals surface area (Å²) >= 11 is 0. The van der Waals surface area contributed by atoms with Gasteiger partial charge < -0.3 is 15.5 Å². The van der Waals surface area contributed by atoms with Crippen LogP contribution >= 0.6 is 0 Å². The molecule has 0 aliphatic rings. The molecule has 2 heterocycles. The lowest BCUT2D eigenvalue weighted by Crippen LogP contribution is -2.33. The first-order chi connectivity index (χ1) is 9.06. The summed E-state index contributed by atoms with van der Waals surface area (Å²) < 4.78 is 1.20. The molecule has 1 amide bonds. The molecular formula is C12H13N3O4. The molecule has 0 aromatic carbocycles. The van der Waals surface area contributed by atoms with Crippen LogP contribution in [0.4, 0.5) is 0 Å². The van der Waals surface area contributed by atoms with E-state index in [9.17, 15) is 14.7 Å². The Balaban J connectivity index is 2.64. The number of nitrogens with one attached hydrogen (secondary N) is 1. The van der Waals surface area contributed by atoms with E-state index in [2.05, 4.69) is 10.3 Å². The van der Waals surface area contributed by atoms with Crippen LogP contribution in [0.2, 0.25) is 0 Å². The fourth-order valence-corrected chi connectivity index (χ4v) is 1.74. The molecule has 0 fully saturated rings. The lowest BCUT2D eigenvalue weighted by molar-refractivity contribution is 0.0939. The minimum atomic E-state index is -0.764. The van der Waals surface area contributed by atoms with Gasteiger partial charge in [-0.3, -0.25) is 14.0 Å². The fourth-order valence-electron chi connectivity index (χ4n) is 1.74. The van der Waals surface area contributed by atoms with Crippen molar-refractivity contribution < 1.29 is 15.0 Å². The number of nitrogens with zero attached hydrogens (tertiary/aromatic N) is 2. The molecule has 0 saturated heterocycles. The predicted octanol–water partition coefficient (Wildman–Crippen LogP) is -0.569. The van der Waals surface area contributed by atoms with Crippen LogP contribution in [-0.4, -0.2) is 38.7 Å². The highest BCUT2D eigenvalue weighted by atomic mass is 16.3. The van der Waals surface area contributed by atoms with Crippen LogP contribution < -0.4 is 10.9 Å². The number of carbonyl (C=O) groups excluding carboxylic acids is 1. The Morgan fingerprint density at radius 2 is 2.26 bits per heavy atom. The van der Waals surface area contributed by atoms with Gasteiger partial charge in [0.05, 0.1) is 6.61 Å². The van der Waals surface area contributed by atoms with E-state index in [1.807, 2.05) is 0 Å². The number of aliphatic hydroxyl groups is 1. The van der Waals surface area contributed by atoms with Gasteiger partial charge in [0.15, 0.2) is 5.56 Å². The third-order valence-corrected chi connectivity index (χ3v) is 2.65. The largest absolute Gasteiger partial charge is 0.493 e. The first kappa shape index (κ1) is 13.0. The molecule has 0 saturated carbocycles. The standard InChI is InChI=1S/C12H13N3O4/c1-7-3-2-5-15-9(7)14-11(18)8(12(15)19)10(17)13-4-6-16/h2-3,5,16,18H,4,6H2,1H3,(H,13,17). The van der Waals surface area contributed by atoms with E-state index in [1.54, 1.807) is 19.1 Å². The molecule has 7 nitrogen and oxygen atoms in total. The number of carbonyl (C=O) groups is 1. The number of aryl methyl sites for hydroxylation is 1. The number of hydrogen-bond acceptors (Lipinski definition) is 5. The zero-order valence-corrected chi connectivity index (χ0v) is 10.3. The molecule has 0 spiro atoms. The average Bonchev–Trinajstić information content (AvgIpc) is 2.38. The third-order valence-electron chi connectivity index (χ3n) is 2.65. The van der Waals surface area contributed by atoms with Gasteiger partial charge in [0, 0.05) is 12.7 Å². The zero-order valence-electron chi connectivity index (χ0n) is 10.3. The molecule has 19 heavy (non-hydrogen) atoms. The molecule has 0 bridgehead atoms. The maximum atomic E-state index is 12.1. The van der Waals surface area contributed by atoms with Crippen molar-refractivity contribution in [1.82, 2.24) is 14.7 Å². The molecule has 0 radical (unpaired) electrons. The highest BCUT2D eigenvalue weighted by Crippen LogP contribution is 2.13. The Kier molecular flexibility index (Phi) is 3.48. The van der Waals surface area contributed by atoms with Crippen LogP contribution in [0.15, 0.2) is 23.1 Å². The van der Waals surface area contributed by atoms with Crippen LogP contribution in [0.5, 0.6) is 5.88 Å². The summed E-state index contributed by atoms with van der Waals surface area (Å²) in [6.45, 7) is 1.48. The Morgan fingerprint density at radius 1 is 1.53 bits per heavy atom. The number of fused-ring (bicyclic) bond motifs is 1. The van der Waals surface area contributed by atoms with E-state index in [0.29, 0.717) is 11.2 Å². The van der Waals surface area contributed by atoms with Gasteiger partial charge in [-0.1, -0.05) is 6.07 Å². The monoisotopic (exact) mass is 263 g/mol. The third kappa shape index (κ3) is 2.27. The van der Waals surface area contributed by atoms with Crippen LogP contribution in [0.1, 0.15) is 15.9 Å². The quantitative estimate of drug-likeness (QED) is 0.688. The zero-order chi connectivity index (χ0) is 14.0. The summed E-state index contributed by atoms with van der Waals surface area (Å²) in [5.74, 6) is -1.38. The van der Waals surface area contributed by atoms with Gasteiger partial charge in [-0.2, -0.15) is 4.98 Å². The summed E-state index contributed by atoms with van der Waals surface area (Å²) in [6.07, 6.45) is 1.47. The Labute approximate surface area is 108 Å². The number of rotatable bonds is 3. The Bertz CT molecular complexity index is 693. The Hall–Kier alpha value is -2.41. The SMILES string of the molecule is Cc1cccn2c(=O)c(C(=O)NCCO)c(O)nc12. The molecule has 7 heteroatoms. The van der Waals surface area contributed by atoms with Crippen molar-refractivity contribution >= 4 is 11.6 Å². The van der Waals surface area contributed by atoms with E-state index in [0.717, 1.165) is 0 Å². The average molecular weight is 263 g/mol. The summed E-state index contributed by atoms with van der Waals surface area (Å²) in [7, 11) is 0. The van der Waals surface area contributed by atoms with E-state index < -0.39 is 22.9 Å². The minimum absolute atomic E-state index is 0.00572. The summed E-state index contributed by atoms with van der Waals surface area (Å²) in [5, 5.41) is 20.7. The van der Waals surface area contributed by atoms with Gasteiger partial charge in [-0.25, -0.2) is 0 Å². The number of aromatic hydroxyl groups is 1. The second kappa shape index (κ2) is 5.07. The van der Waals surface area contributed by atoms with E-state index >= 15 is 0 Å². The molecule has 3 N–H and O–H groups in total. The molecule has 0 atom stereocenters. The second-order valence-corrected chi connectivity index (χ2v) is 3.98. The highest BCUT2D eigenvalue weighted by molar-refractivity contribution is 5.96. The maximum absolute atomic E-state index is 12.1. The number of pyridine rings is 1. The maximum Gasteiger partial charge on any atom is 0.274 e. The molecule has 0 aliphatic carbocycles. The van der Waals surface area contributed by atoms with E-state index in [4.69, 9.17) is 5.11 Å². The molecule has 100 valence electrons. The Morgan fingerprint density at radius 3 is 2.95 bits per heavy atom. The van der Waals surface area contributed by atoms with Crippen molar-refractivity contribution in [1.29, 1.82) is 0 Å². The van der Waals surface area contributed by atoms with Crippen molar-refractivity contribution in [3.63, 3.8) is 0 Å². The van der Waals surface area contributed by atoms with Crippen LogP contribution in [-0.2, 0) is 0 Å². The van der Waals surface area contributed by atoms with Gasteiger partial charge in [-0.05, 0) is 18.6 Å². The summed E-state index contributed by atoms with van der Waals surface area (Å²) in [4.78, 5) is 27.7. The number of amides is 1. The number of hydrogen-bond donors (Lipinski definition) is 3. The molecule has 2 aromatic rings.